The highest BCUT2D eigenvalue weighted by Gasteiger charge is 2.26. The zero-order valence-electron chi connectivity index (χ0n) is 11.9. The molecule has 0 saturated carbocycles. The number of likely N-dealkylation sites (tertiary alicyclic amines) is 1. The van der Waals surface area contributed by atoms with Crippen molar-refractivity contribution in [2.45, 2.75) is 25.8 Å². The van der Waals surface area contributed by atoms with Crippen LogP contribution in [0, 0.1) is 0 Å². The molecule has 1 atom stereocenters. The molecule has 1 amide bonds. The van der Waals surface area contributed by atoms with E-state index in [-0.39, 0.29) is 5.91 Å². The Balaban J connectivity index is 1.94. The molecule has 2 aromatic rings. The van der Waals surface area contributed by atoms with Crippen LogP contribution in [0.15, 0.2) is 42.5 Å². The predicted molar refractivity (Wildman–Crippen MR) is 84.4 cm³/mol. The molecular formula is C17H17ClN2O. The van der Waals surface area contributed by atoms with E-state index in [2.05, 4.69) is 11.9 Å². The maximum Gasteiger partial charge on any atom is 0.272 e. The van der Waals surface area contributed by atoms with Gasteiger partial charge in [0.05, 0.1) is 5.69 Å². The maximum atomic E-state index is 12.6. The normalized spacial score (nSPS) is 18.0. The largest absolute Gasteiger partial charge is 0.335 e. The first-order valence-corrected chi connectivity index (χ1v) is 7.57. The van der Waals surface area contributed by atoms with Gasteiger partial charge in [0, 0.05) is 23.2 Å². The number of carbonyl (C=O) groups is 1. The summed E-state index contributed by atoms with van der Waals surface area (Å²) in [5.74, 6) is 0.00824. The number of pyridine rings is 1. The molecule has 0 aliphatic carbocycles. The Morgan fingerprint density at radius 1 is 1.24 bits per heavy atom. The lowest BCUT2D eigenvalue weighted by Crippen LogP contribution is -2.34. The van der Waals surface area contributed by atoms with E-state index < -0.39 is 0 Å². The standard InChI is InChI=1S/C17H17ClN2O/c1-12-6-5-11-20(12)17(21)16-10-4-9-15(19-16)13-7-2-3-8-14(13)18/h2-4,7-10,12H,5-6,11H2,1H3. The van der Waals surface area contributed by atoms with Crippen molar-refractivity contribution in [1.82, 2.24) is 9.88 Å². The average molecular weight is 301 g/mol. The summed E-state index contributed by atoms with van der Waals surface area (Å²) < 4.78 is 0. The van der Waals surface area contributed by atoms with E-state index in [1.165, 1.54) is 0 Å². The summed E-state index contributed by atoms with van der Waals surface area (Å²) in [4.78, 5) is 19.0. The van der Waals surface area contributed by atoms with Crippen LogP contribution in [0.25, 0.3) is 11.3 Å². The molecule has 2 heterocycles. The summed E-state index contributed by atoms with van der Waals surface area (Å²) in [6, 6.07) is 13.3. The molecule has 1 unspecified atom stereocenters. The molecule has 0 bridgehead atoms. The van der Waals surface area contributed by atoms with E-state index in [0.29, 0.717) is 16.8 Å². The van der Waals surface area contributed by atoms with Crippen molar-refractivity contribution in [1.29, 1.82) is 0 Å². The first-order chi connectivity index (χ1) is 10.2. The topological polar surface area (TPSA) is 33.2 Å². The highest BCUT2D eigenvalue weighted by molar-refractivity contribution is 6.33. The first kappa shape index (κ1) is 14.1. The van der Waals surface area contributed by atoms with Crippen molar-refractivity contribution >= 4 is 17.5 Å². The second-order valence-electron chi connectivity index (χ2n) is 5.38. The van der Waals surface area contributed by atoms with Gasteiger partial charge in [-0.15, -0.1) is 0 Å². The minimum absolute atomic E-state index is 0.00824. The zero-order valence-corrected chi connectivity index (χ0v) is 12.7. The monoisotopic (exact) mass is 300 g/mol. The molecule has 1 aliphatic rings. The van der Waals surface area contributed by atoms with Gasteiger partial charge in [-0.1, -0.05) is 35.9 Å². The van der Waals surface area contributed by atoms with E-state index in [0.717, 1.165) is 30.6 Å². The molecule has 1 saturated heterocycles. The fourth-order valence-corrected chi connectivity index (χ4v) is 2.99. The molecule has 1 aliphatic heterocycles. The Morgan fingerprint density at radius 3 is 2.76 bits per heavy atom. The van der Waals surface area contributed by atoms with E-state index in [1.54, 1.807) is 6.07 Å². The van der Waals surface area contributed by atoms with Crippen LogP contribution in [-0.4, -0.2) is 28.4 Å². The van der Waals surface area contributed by atoms with E-state index in [4.69, 9.17) is 11.6 Å². The molecule has 1 fully saturated rings. The lowest BCUT2D eigenvalue weighted by atomic mass is 10.1. The number of nitrogens with zero attached hydrogens (tertiary/aromatic N) is 2. The van der Waals surface area contributed by atoms with Crippen LogP contribution >= 0.6 is 11.6 Å². The molecule has 3 rings (SSSR count). The maximum absolute atomic E-state index is 12.6. The Labute approximate surface area is 129 Å². The number of hydrogen-bond donors (Lipinski definition) is 0. The van der Waals surface area contributed by atoms with Gasteiger partial charge in [-0.3, -0.25) is 4.79 Å². The smallest absolute Gasteiger partial charge is 0.272 e. The number of halogens is 1. The van der Waals surface area contributed by atoms with Gasteiger partial charge in [0.1, 0.15) is 5.69 Å². The minimum atomic E-state index is 0.00824. The summed E-state index contributed by atoms with van der Waals surface area (Å²) in [5, 5.41) is 0.643. The number of benzene rings is 1. The van der Waals surface area contributed by atoms with Crippen LogP contribution in [0.4, 0.5) is 0 Å². The third kappa shape index (κ3) is 2.79. The summed E-state index contributed by atoms with van der Waals surface area (Å²) in [5.41, 5.74) is 2.07. The van der Waals surface area contributed by atoms with Crippen LogP contribution in [0.5, 0.6) is 0 Å². The van der Waals surface area contributed by atoms with Crippen LogP contribution in [0.1, 0.15) is 30.3 Å². The molecule has 108 valence electrons. The predicted octanol–water partition coefficient (Wildman–Crippen LogP) is 4.03. The highest BCUT2D eigenvalue weighted by atomic mass is 35.5. The van der Waals surface area contributed by atoms with E-state index in [9.17, 15) is 4.79 Å². The third-order valence-corrected chi connectivity index (χ3v) is 4.26. The molecule has 1 aromatic heterocycles. The fraction of sp³-hybridized carbons (Fsp3) is 0.294. The van der Waals surface area contributed by atoms with Crippen molar-refractivity contribution < 1.29 is 4.79 Å². The summed E-state index contributed by atoms with van der Waals surface area (Å²) in [6.07, 6.45) is 2.13. The van der Waals surface area contributed by atoms with Crippen molar-refractivity contribution in [2.24, 2.45) is 0 Å². The number of amides is 1. The molecule has 0 spiro atoms. The molecule has 4 heteroatoms. The lowest BCUT2D eigenvalue weighted by molar-refractivity contribution is 0.0741. The van der Waals surface area contributed by atoms with Crippen LogP contribution in [-0.2, 0) is 0 Å². The minimum Gasteiger partial charge on any atom is -0.335 e. The fourth-order valence-electron chi connectivity index (χ4n) is 2.75. The Hall–Kier alpha value is -1.87. The Kier molecular flexibility index (Phi) is 3.93. The van der Waals surface area contributed by atoms with Gasteiger partial charge in [0.2, 0.25) is 0 Å². The van der Waals surface area contributed by atoms with Crippen molar-refractivity contribution in [2.75, 3.05) is 6.54 Å². The van der Waals surface area contributed by atoms with Crippen LogP contribution < -0.4 is 0 Å². The molecular weight excluding hydrogens is 284 g/mol. The summed E-state index contributed by atoms with van der Waals surface area (Å²) >= 11 is 6.21. The van der Waals surface area contributed by atoms with Gasteiger partial charge >= 0.3 is 0 Å². The van der Waals surface area contributed by atoms with Crippen LogP contribution in [0.2, 0.25) is 5.02 Å². The van der Waals surface area contributed by atoms with Crippen molar-refractivity contribution in [3.05, 3.63) is 53.2 Å². The second kappa shape index (κ2) is 5.86. The van der Waals surface area contributed by atoms with Gasteiger partial charge < -0.3 is 4.90 Å². The molecule has 0 radical (unpaired) electrons. The van der Waals surface area contributed by atoms with E-state index >= 15 is 0 Å². The third-order valence-electron chi connectivity index (χ3n) is 3.93. The van der Waals surface area contributed by atoms with Gasteiger partial charge in [-0.25, -0.2) is 4.98 Å². The highest BCUT2D eigenvalue weighted by Crippen LogP contribution is 2.26. The van der Waals surface area contributed by atoms with Gasteiger partial charge in [-0.05, 0) is 38.0 Å². The summed E-state index contributed by atoms with van der Waals surface area (Å²) in [7, 11) is 0. The number of rotatable bonds is 2. The molecule has 21 heavy (non-hydrogen) atoms. The van der Waals surface area contributed by atoms with Gasteiger partial charge in [-0.2, -0.15) is 0 Å². The zero-order chi connectivity index (χ0) is 14.8. The first-order valence-electron chi connectivity index (χ1n) is 7.20. The Bertz CT molecular complexity index is 671. The van der Waals surface area contributed by atoms with E-state index in [1.807, 2.05) is 41.3 Å². The van der Waals surface area contributed by atoms with Crippen molar-refractivity contribution in [3.63, 3.8) is 0 Å². The lowest BCUT2D eigenvalue weighted by Gasteiger charge is -2.21. The quantitative estimate of drug-likeness (QED) is 0.839. The number of aromatic nitrogens is 1. The summed E-state index contributed by atoms with van der Waals surface area (Å²) in [6.45, 7) is 2.90. The number of carbonyl (C=O) groups excluding carboxylic acids is 1. The molecule has 0 N–H and O–H groups in total. The van der Waals surface area contributed by atoms with Crippen molar-refractivity contribution in [3.8, 4) is 11.3 Å². The van der Waals surface area contributed by atoms with Gasteiger partial charge in [0.25, 0.3) is 5.91 Å². The SMILES string of the molecule is CC1CCCN1C(=O)c1cccc(-c2ccccc2Cl)n1. The Morgan fingerprint density at radius 2 is 2.05 bits per heavy atom. The average Bonchev–Trinajstić information content (AvgIpc) is 2.93. The second-order valence-corrected chi connectivity index (χ2v) is 5.78. The molecule has 1 aromatic carbocycles. The van der Waals surface area contributed by atoms with Crippen LogP contribution in [0.3, 0.4) is 0 Å². The number of hydrogen-bond acceptors (Lipinski definition) is 2. The molecule has 3 nitrogen and oxygen atoms in total. The van der Waals surface area contributed by atoms with Gasteiger partial charge in [0.15, 0.2) is 0 Å².